The van der Waals surface area contributed by atoms with E-state index in [2.05, 4.69) is 24.1 Å². The summed E-state index contributed by atoms with van der Waals surface area (Å²) in [6.07, 6.45) is 5.44. The Balaban J connectivity index is 2.15. The Bertz CT molecular complexity index is 147. The molecule has 1 fully saturated rings. The van der Waals surface area contributed by atoms with E-state index < -0.39 is 0 Å². The smallest absolute Gasteiger partial charge is 0.00675 e. The quantitative estimate of drug-likeness (QED) is 0.658. The number of likely N-dealkylation sites (tertiary alicyclic amines) is 1. The second-order valence-electron chi connectivity index (χ2n) is 4.65. The molecule has 0 aromatic rings. The fourth-order valence-electron chi connectivity index (χ4n) is 2.35. The lowest BCUT2D eigenvalue weighted by molar-refractivity contribution is 0.234. The fourth-order valence-corrected chi connectivity index (χ4v) is 2.35. The van der Waals surface area contributed by atoms with Gasteiger partial charge in [0, 0.05) is 12.6 Å². The van der Waals surface area contributed by atoms with Crippen molar-refractivity contribution in [1.29, 1.82) is 0 Å². The average Bonchev–Trinajstić information content (AvgIpc) is 2.66. The van der Waals surface area contributed by atoms with Crippen molar-refractivity contribution in [2.75, 3.05) is 26.7 Å². The van der Waals surface area contributed by atoms with Gasteiger partial charge >= 0.3 is 0 Å². The Labute approximate surface area is 89.1 Å². The highest BCUT2D eigenvalue weighted by Gasteiger charge is 2.24. The van der Waals surface area contributed by atoms with Gasteiger partial charge in [-0.15, -0.1) is 0 Å². The number of nitrogens with zero attached hydrogens (tertiary/aromatic N) is 1. The SMILES string of the molecule is CCC1CCN(C(C)CCCNC)C1. The predicted molar refractivity (Wildman–Crippen MR) is 62.6 cm³/mol. The van der Waals surface area contributed by atoms with Gasteiger partial charge in [0.1, 0.15) is 0 Å². The molecular weight excluding hydrogens is 172 g/mol. The molecule has 0 bridgehead atoms. The molecule has 84 valence electrons. The monoisotopic (exact) mass is 198 g/mol. The van der Waals surface area contributed by atoms with Gasteiger partial charge in [-0.3, -0.25) is 0 Å². The first-order valence-corrected chi connectivity index (χ1v) is 6.16. The van der Waals surface area contributed by atoms with Crippen LogP contribution in [0.25, 0.3) is 0 Å². The van der Waals surface area contributed by atoms with E-state index in [0.29, 0.717) is 0 Å². The maximum Gasteiger partial charge on any atom is 0.00675 e. The number of nitrogens with one attached hydrogen (secondary N) is 1. The van der Waals surface area contributed by atoms with Gasteiger partial charge in [0.25, 0.3) is 0 Å². The highest BCUT2D eigenvalue weighted by molar-refractivity contribution is 4.78. The highest BCUT2D eigenvalue weighted by Crippen LogP contribution is 2.22. The van der Waals surface area contributed by atoms with E-state index in [1.54, 1.807) is 0 Å². The zero-order valence-corrected chi connectivity index (χ0v) is 10.1. The molecule has 0 spiro atoms. The van der Waals surface area contributed by atoms with Gasteiger partial charge < -0.3 is 10.2 Å². The minimum absolute atomic E-state index is 0.792. The summed E-state index contributed by atoms with van der Waals surface area (Å²) in [5.41, 5.74) is 0. The third kappa shape index (κ3) is 3.58. The van der Waals surface area contributed by atoms with Crippen molar-refractivity contribution in [3.05, 3.63) is 0 Å². The Kier molecular flexibility index (Phi) is 5.49. The molecule has 0 radical (unpaired) electrons. The first-order chi connectivity index (χ1) is 6.77. The third-order valence-corrected chi connectivity index (χ3v) is 3.57. The Morgan fingerprint density at radius 3 is 2.86 bits per heavy atom. The Morgan fingerprint density at radius 2 is 2.29 bits per heavy atom. The molecule has 1 saturated heterocycles. The van der Waals surface area contributed by atoms with Crippen molar-refractivity contribution in [2.45, 2.75) is 45.6 Å². The molecule has 2 nitrogen and oxygen atoms in total. The molecule has 0 aromatic heterocycles. The van der Waals surface area contributed by atoms with Crippen LogP contribution in [0.4, 0.5) is 0 Å². The second kappa shape index (κ2) is 6.41. The van der Waals surface area contributed by atoms with Crippen LogP contribution >= 0.6 is 0 Å². The molecule has 0 aliphatic carbocycles. The largest absolute Gasteiger partial charge is 0.320 e. The van der Waals surface area contributed by atoms with Gasteiger partial charge in [-0.25, -0.2) is 0 Å². The van der Waals surface area contributed by atoms with Crippen LogP contribution in [-0.2, 0) is 0 Å². The van der Waals surface area contributed by atoms with Gasteiger partial charge in [-0.2, -0.15) is 0 Å². The molecule has 2 atom stereocenters. The average molecular weight is 198 g/mol. The summed E-state index contributed by atoms with van der Waals surface area (Å²) in [7, 11) is 2.04. The van der Waals surface area contributed by atoms with Gasteiger partial charge in [0.05, 0.1) is 0 Å². The molecule has 1 rings (SSSR count). The molecule has 0 aromatic carbocycles. The van der Waals surface area contributed by atoms with Crippen LogP contribution in [0.1, 0.15) is 39.5 Å². The van der Waals surface area contributed by atoms with Crippen LogP contribution in [0.3, 0.4) is 0 Å². The summed E-state index contributed by atoms with van der Waals surface area (Å²) in [6, 6.07) is 0.792. The molecule has 1 aliphatic rings. The molecule has 0 saturated carbocycles. The molecule has 0 amide bonds. The number of hydrogen-bond acceptors (Lipinski definition) is 2. The lowest BCUT2D eigenvalue weighted by atomic mass is 10.1. The van der Waals surface area contributed by atoms with E-state index in [1.165, 1.54) is 38.8 Å². The number of rotatable bonds is 6. The fraction of sp³-hybridized carbons (Fsp3) is 1.00. The minimum atomic E-state index is 0.792. The summed E-state index contributed by atoms with van der Waals surface area (Å²) in [5, 5.41) is 3.22. The van der Waals surface area contributed by atoms with Gasteiger partial charge in [-0.05, 0) is 52.2 Å². The zero-order valence-electron chi connectivity index (χ0n) is 10.1. The van der Waals surface area contributed by atoms with Crippen LogP contribution in [0.5, 0.6) is 0 Å². The van der Waals surface area contributed by atoms with E-state index in [9.17, 15) is 0 Å². The van der Waals surface area contributed by atoms with E-state index in [0.717, 1.165) is 18.5 Å². The normalized spacial score (nSPS) is 25.5. The topological polar surface area (TPSA) is 15.3 Å². The van der Waals surface area contributed by atoms with Crippen molar-refractivity contribution in [3.63, 3.8) is 0 Å². The zero-order chi connectivity index (χ0) is 10.4. The van der Waals surface area contributed by atoms with E-state index in [-0.39, 0.29) is 0 Å². The highest BCUT2D eigenvalue weighted by atomic mass is 15.2. The Morgan fingerprint density at radius 1 is 1.50 bits per heavy atom. The van der Waals surface area contributed by atoms with Crippen LogP contribution in [-0.4, -0.2) is 37.6 Å². The Hall–Kier alpha value is -0.0800. The van der Waals surface area contributed by atoms with E-state index in [1.807, 2.05) is 7.05 Å². The van der Waals surface area contributed by atoms with Crippen molar-refractivity contribution in [1.82, 2.24) is 10.2 Å². The van der Waals surface area contributed by atoms with Gasteiger partial charge in [0.15, 0.2) is 0 Å². The van der Waals surface area contributed by atoms with Crippen molar-refractivity contribution < 1.29 is 0 Å². The van der Waals surface area contributed by atoms with Crippen LogP contribution in [0.2, 0.25) is 0 Å². The first kappa shape index (κ1) is 12.0. The summed E-state index contributed by atoms with van der Waals surface area (Å²) in [5.74, 6) is 0.974. The lowest BCUT2D eigenvalue weighted by Gasteiger charge is -2.24. The standard InChI is InChI=1S/C12H26N2/c1-4-12-7-9-14(10-12)11(2)6-5-8-13-3/h11-13H,4-10H2,1-3H3. The van der Waals surface area contributed by atoms with E-state index >= 15 is 0 Å². The maximum absolute atomic E-state index is 3.22. The molecule has 14 heavy (non-hydrogen) atoms. The van der Waals surface area contributed by atoms with Crippen molar-refractivity contribution in [2.24, 2.45) is 5.92 Å². The van der Waals surface area contributed by atoms with Crippen molar-refractivity contribution >= 4 is 0 Å². The molecule has 2 unspecified atom stereocenters. The molecule has 1 N–H and O–H groups in total. The maximum atomic E-state index is 3.22. The van der Waals surface area contributed by atoms with E-state index in [4.69, 9.17) is 0 Å². The molecular formula is C12H26N2. The summed E-state index contributed by atoms with van der Waals surface area (Å²) in [6.45, 7) is 8.54. The minimum Gasteiger partial charge on any atom is -0.320 e. The molecule has 1 heterocycles. The number of hydrogen-bond donors (Lipinski definition) is 1. The lowest BCUT2D eigenvalue weighted by Crippen LogP contribution is -2.31. The third-order valence-electron chi connectivity index (χ3n) is 3.57. The van der Waals surface area contributed by atoms with Crippen LogP contribution in [0.15, 0.2) is 0 Å². The first-order valence-electron chi connectivity index (χ1n) is 6.16. The van der Waals surface area contributed by atoms with Gasteiger partial charge in [-0.1, -0.05) is 13.3 Å². The molecule has 1 aliphatic heterocycles. The van der Waals surface area contributed by atoms with Gasteiger partial charge in [0.2, 0.25) is 0 Å². The van der Waals surface area contributed by atoms with Crippen molar-refractivity contribution in [3.8, 4) is 0 Å². The summed E-state index contributed by atoms with van der Waals surface area (Å²) in [4.78, 5) is 2.67. The predicted octanol–water partition coefficient (Wildman–Crippen LogP) is 2.11. The molecule has 2 heteroatoms. The summed E-state index contributed by atoms with van der Waals surface area (Å²) < 4.78 is 0. The van der Waals surface area contributed by atoms with Crippen LogP contribution < -0.4 is 5.32 Å². The summed E-state index contributed by atoms with van der Waals surface area (Å²) >= 11 is 0. The van der Waals surface area contributed by atoms with Crippen LogP contribution in [0, 0.1) is 5.92 Å². The second-order valence-corrected chi connectivity index (χ2v) is 4.65.